The van der Waals surface area contributed by atoms with E-state index in [0.717, 1.165) is 38.9 Å². The fourth-order valence-electron chi connectivity index (χ4n) is 9.01. The summed E-state index contributed by atoms with van der Waals surface area (Å²) >= 11 is 0. The Hall–Kier alpha value is -5.86. The lowest BCUT2D eigenvalue weighted by Crippen LogP contribution is -2.17. The summed E-state index contributed by atoms with van der Waals surface area (Å²) in [5.41, 5.74) is 18.2. The maximum Gasteiger partial charge on any atom is 0.136 e. The first-order valence-corrected chi connectivity index (χ1v) is 17.6. The van der Waals surface area contributed by atoms with Gasteiger partial charge in [0, 0.05) is 38.5 Å². The molecule has 0 amide bonds. The van der Waals surface area contributed by atoms with Crippen LogP contribution in [0.5, 0.6) is 0 Å². The van der Waals surface area contributed by atoms with E-state index in [-0.39, 0.29) is 10.8 Å². The average molecular weight is 644 g/mol. The fraction of sp³-hybridized carbons (Fsp3) is 0.125. The summed E-state index contributed by atoms with van der Waals surface area (Å²) in [4.78, 5) is 2.49. The molecule has 2 nitrogen and oxygen atoms in total. The molecule has 0 saturated heterocycles. The fourth-order valence-corrected chi connectivity index (χ4v) is 9.01. The molecule has 7 aromatic carbocycles. The van der Waals surface area contributed by atoms with Gasteiger partial charge in [-0.05, 0) is 92.5 Å². The van der Waals surface area contributed by atoms with Crippen molar-refractivity contribution in [3.63, 3.8) is 0 Å². The average Bonchev–Trinajstić information content (AvgIpc) is 3.72. The van der Waals surface area contributed by atoms with E-state index in [1.807, 2.05) is 6.07 Å². The van der Waals surface area contributed by atoms with Crippen molar-refractivity contribution in [1.29, 1.82) is 0 Å². The Bertz CT molecular complexity index is 2670. The van der Waals surface area contributed by atoms with Crippen molar-refractivity contribution in [3.05, 3.63) is 174 Å². The number of rotatable bonds is 4. The van der Waals surface area contributed by atoms with Gasteiger partial charge in [0.2, 0.25) is 0 Å². The van der Waals surface area contributed by atoms with Crippen LogP contribution < -0.4 is 4.90 Å². The number of furan rings is 1. The quantitative estimate of drug-likeness (QED) is 0.190. The van der Waals surface area contributed by atoms with Gasteiger partial charge in [-0.25, -0.2) is 0 Å². The van der Waals surface area contributed by atoms with Gasteiger partial charge < -0.3 is 9.32 Å². The van der Waals surface area contributed by atoms with Crippen LogP contribution in [0.2, 0.25) is 0 Å². The zero-order valence-corrected chi connectivity index (χ0v) is 28.8. The second-order valence-electron chi connectivity index (χ2n) is 14.9. The molecule has 2 heteroatoms. The molecule has 0 unspecified atom stereocenters. The molecule has 240 valence electrons. The minimum atomic E-state index is -0.110. The monoisotopic (exact) mass is 643 g/mol. The largest absolute Gasteiger partial charge is 0.456 e. The maximum absolute atomic E-state index is 6.31. The summed E-state index contributed by atoms with van der Waals surface area (Å²) in [5, 5.41) is 2.29. The summed E-state index contributed by atoms with van der Waals surface area (Å²) in [6, 6.07) is 55.6. The topological polar surface area (TPSA) is 16.4 Å². The molecule has 50 heavy (non-hydrogen) atoms. The third-order valence-electron chi connectivity index (χ3n) is 11.5. The Kier molecular flexibility index (Phi) is 6.01. The molecule has 2 aliphatic rings. The van der Waals surface area contributed by atoms with E-state index in [0.29, 0.717) is 0 Å². The van der Waals surface area contributed by atoms with Gasteiger partial charge in [-0.15, -0.1) is 0 Å². The highest BCUT2D eigenvalue weighted by Gasteiger charge is 2.39. The van der Waals surface area contributed by atoms with Crippen LogP contribution >= 0.6 is 0 Å². The van der Waals surface area contributed by atoms with Crippen molar-refractivity contribution in [1.82, 2.24) is 0 Å². The number of anilines is 3. The third kappa shape index (κ3) is 3.96. The van der Waals surface area contributed by atoms with Crippen LogP contribution in [0.1, 0.15) is 49.9 Å². The van der Waals surface area contributed by atoms with Crippen LogP contribution in [0.15, 0.2) is 156 Å². The lowest BCUT2D eigenvalue weighted by atomic mass is 9.82. The summed E-state index contributed by atoms with van der Waals surface area (Å²) in [6.45, 7) is 9.44. The first-order chi connectivity index (χ1) is 24.3. The Balaban J connectivity index is 1.23. The number of nitrogens with zero attached hydrogens (tertiary/aromatic N) is 1. The van der Waals surface area contributed by atoms with E-state index in [1.54, 1.807) is 0 Å². The number of para-hydroxylation sites is 1. The van der Waals surface area contributed by atoms with E-state index in [4.69, 9.17) is 4.42 Å². The van der Waals surface area contributed by atoms with Gasteiger partial charge in [0.05, 0.1) is 5.69 Å². The molecule has 10 rings (SSSR count). The summed E-state index contributed by atoms with van der Waals surface area (Å²) in [5.74, 6) is 0. The molecule has 0 radical (unpaired) electrons. The van der Waals surface area contributed by atoms with Gasteiger partial charge in [0.25, 0.3) is 0 Å². The van der Waals surface area contributed by atoms with E-state index in [9.17, 15) is 0 Å². The van der Waals surface area contributed by atoms with E-state index < -0.39 is 0 Å². The van der Waals surface area contributed by atoms with Crippen LogP contribution in [0.25, 0.3) is 55.3 Å². The second kappa shape index (κ2) is 10.3. The number of benzene rings is 7. The van der Waals surface area contributed by atoms with Gasteiger partial charge in [-0.1, -0.05) is 137 Å². The molecule has 2 aliphatic carbocycles. The molecule has 0 aliphatic heterocycles. The lowest BCUT2D eigenvalue weighted by Gasteiger charge is -2.30. The minimum Gasteiger partial charge on any atom is -0.456 e. The highest BCUT2D eigenvalue weighted by molar-refractivity contribution is 6.12. The first kappa shape index (κ1) is 29.1. The Morgan fingerprint density at radius 2 is 1.04 bits per heavy atom. The highest BCUT2D eigenvalue weighted by atomic mass is 16.3. The zero-order chi connectivity index (χ0) is 33.8. The molecule has 0 saturated carbocycles. The van der Waals surface area contributed by atoms with Gasteiger partial charge in [-0.2, -0.15) is 0 Å². The molecular formula is C48H37NO. The van der Waals surface area contributed by atoms with Crippen LogP contribution in [-0.2, 0) is 10.8 Å². The number of hydrogen-bond donors (Lipinski definition) is 0. The predicted molar refractivity (Wildman–Crippen MR) is 209 cm³/mol. The summed E-state index contributed by atoms with van der Waals surface area (Å²) in [6.07, 6.45) is 0. The molecule has 0 N–H and O–H groups in total. The minimum absolute atomic E-state index is 0.102. The summed E-state index contributed by atoms with van der Waals surface area (Å²) < 4.78 is 6.31. The smallest absolute Gasteiger partial charge is 0.136 e. The molecule has 1 aromatic heterocycles. The second-order valence-corrected chi connectivity index (χ2v) is 14.9. The number of hydrogen-bond acceptors (Lipinski definition) is 2. The van der Waals surface area contributed by atoms with Gasteiger partial charge in [0.15, 0.2) is 0 Å². The van der Waals surface area contributed by atoms with Crippen molar-refractivity contribution in [2.75, 3.05) is 4.90 Å². The molecule has 0 atom stereocenters. The van der Waals surface area contributed by atoms with Gasteiger partial charge in [0.1, 0.15) is 11.2 Å². The molecular weight excluding hydrogens is 607 g/mol. The van der Waals surface area contributed by atoms with Crippen molar-refractivity contribution in [3.8, 4) is 33.4 Å². The van der Waals surface area contributed by atoms with Gasteiger partial charge in [-0.3, -0.25) is 0 Å². The molecule has 0 bridgehead atoms. The molecule has 1 heterocycles. The van der Waals surface area contributed by atoms with Crippen molar-refractivity contribution >= 4 is 39.0 Å². The summed E-state index contributed by atoms with van der Waals surface area (Å²) in [7, 11) is 0. The van der Waals surface area contributed by atoms with E-state index in [1.165, 1.54) is 55.8 Å². The first-order valence-electron chi connectivity index (χ1n) is 17.6. The highest BCUT2D eigenvalue weighted by Crippen LogP contribution is 2.56. The Morgan fingerprint density at radius 1 is 0.440 bits per heavy atom. The lowest BCUT2D eigenvalue weighted by molar-refractivity contribution is 0.660. The van der Waals surface area contributed by atoms with Crippen molar-refractivity contribution in [2.45, 2.75) is 38.5 Å². The van der Waals surface area contributed by atoms with Crippen LogP contribution in [-0.4, -0.2) is 0 Å². The Morgan fingerprint density at radius 3 is 1.90 bits per heavy atom. The SMILES string of the molecule is CC1(C)c2ccccc2-c2ccc(N(c3cccc(-c4cccc5oc6ccccc6c45)c3)c3cccc4c3-c3ccccc3C4(C)C)cc21. The maximum atomic E-state index is 6.31. The number of fused-ring (bicyclic) bond motifs is 9. The molecule has 8 aromatic rings. The van der Waals surface area contributed by atoms with E-state index >= 15 is 0 Å². The van der Waals surface area contributed by atoms with Crippen molar-refractivity contribution in [2.24, 2.45) is 0 Å². The zero-order valence-electron chi connectivity index (χ0n) is 28.8. The normalized spacial score (nSPS) is 14.7. The van der Waals surface area contributed by atoms with Crippen LogP contribution in [0, 0.1) is 0 Å². The van der Waals surface area contributed by atoms with E-state index in [2.05, 4.69) is 178 Å². The Labute approximate surface area is 293 Å². The van der Waals surface area contributed by atoms with Crippen LogP contribution in [0.4, 0.5) is 17.1 Å². The molecule has 0 fully saturated rings. The van der Waals surface area contributed by atoms with Crippen LogP contribution in [0.3, 0.4) is 0 Å². The van der Waals surface area contributed by atoms with Crippen molar-refractivity contribution < 1.29 is 4.42 Å². The molecule has 0 spiro atoms. The third-order valence-corrected chi connectivity index (χ3v) is 11.5. The standard InChI is InChI=1S/C48H37NO/c1-47(2)39-21-9-6-17-36(39)46-40(47)22-13-23-42(46)49(32-26-27-35-34-16-5-8-20-38(34)48(3,4)41(35)29-32)31-15-11-14-30(28-31)33-19-12-25-44-45(33)37-18-7-10-24-43(37)50-44/h5-29H,1-4H3. The van der Waals surface area contributed by atoms with Gasteiger partial charge >= 0.3 is 0 Å². The predicted octanol–water partition coefficient (Wildman–Crippen LogP) is 13.3.